The molecule has 0 unspecified atom stereocenters. The molecule has 0 bridgehead atoms. The quantitative estimate of drug-likeness (QED) is 0.123. The van der Waals surface area contributed by atoms with Crippen LogP contribution in [0.3, 0.4) is 0 Å². The maximum absolute atomic E-state index is 12.6. The number of likely N-dealkylation sites (tertiary alicyclic amines) is 1. The van der Waals surface area contributed by atoms with Crippen LogP contribution in [0.2, 0.25) is 0 Å². The lowest BCUT2D eigenvalue weighted by Crippen LogP contribution is -2.35. The minimum Gasteiger partial charge on any atom is -0.386 e. The first-order valence-electron chi connectivity index (χ1n) is 13.3. The predicted octanol–water partition coefficient (Wildman–Crippen LogP) is 1.53. The van der Waals surface area contributed by atoms with Crippen molar-refractivity contribution >= 4 is 34.2 Å². The van der Waals surface area contributed by atoms with Crippen LogP contribution in [-0.4, -0.2) is 57.1 Å². The molecule has 3 aromatic rings. The van der Waals surface area contributed by atoms with Gasteiger partial charge >= 0.3 is 0 Å². The summed E-state index contributed by atoms with van der Waals surface area (Å²) in [4.78, 5) is 26.5. The Labute approximate surface area is 226 Å². The first kappa shape index (κ1) is 26.3. The molecule has 0 atom stereocenters. The van der Waals surface area contributed by atoms with Gasteiger partial charge in [0.1, 0.15) is 22.6 Å². The van der Waals surface area contributed by atoms with Crippen molar-refractivity contribution in [1.29, 1.82) is 5.26 Å². The third-order valence-corrected chi connectivity index (χ3v) is 7.50. The molecule has 13 heteroatoms. The highest BCUT2D eigenvalue weighted by Gasteiger charge is 2.23. The average molecular weight is 531 g/mol. The topological polar surface area (TPSA) is 190 Å². The molecule has 4 heterocycles. The molecule has 39 heavy (non-hydrogen) atoms. The summed E-state index contributed by atoms with van der Waals surface area (Å²) in [5.41, 5.74) is 10.3. The highest BCUT2D eigenvalue weighted by Crippen LogP contribution is 2.27. The fourth-order valence-electron chi connectivity index (χ4n) is 5.29. The van der Waals surface area contributed by atoms with E-state index in [9.17, 15) is 10.1 Å². The number of hydrazone groups is 1. The molecular formula is C26H34N12O. The highest BCUT2D eigenvalue weighted by atomic mass is 16.1. The zero-order valence-corrected chi connectivity index (χ0v) is 21.8. The average Bonchev–Trinajstić information content (AvgIpc) is 2.95. The Morgan fingerprint density at radius 2 is 1.87 bits per heavy atom. The largest absolute Gasteiger partial charge is 0.386 e. The zero-order valence-electron chi connectivity index (χ0n) is 21.8. The van der Waals surface area contributed by atoms with E-state index in [0.717, 1.165) is 57.4 Å². The molecule has 0 saturated carbocycles. The summed E-state index contributed by atoms with van der Waals surface area (Å²) < 4.78 is 0. The van der Waals surface area contributed by atoms with E-state index in [0.29, 0.717) is 47.5 Å². The number of anilines is 3. The Morgan fingerprint density at radius 3 is 2.56 bits per heavy atom. The van der Waals surface area contributed by atoms with Crippen LogP contribution in [0.25, 0.3) is 10.9 Å². The van der Waals surface area contributed by atoms with Gasteiger partial charge in [-0.1, -0.05) is 12.1 Å². The number of hydrogen-bond acceptors (Lipinski definition) is 11. The van der Waals surface area contributed by atoms with Gasteiger partial charge in [0.05, 0.1) is 12.3 Å². The van der Waals surface area contributed by atoms with Gasteiger partial charge in [0.2, 0.25) is 5.95 Å². The number of fused-ring (bicyclic) bond motifs is 1. The van der Waals surface area contributed by atoms with Crippen LogP contribution in [0.15, 0.2) is 40.4 Å². The van der Waals surface area contributed by atoms with E-state index < -0.39 is 0 Å². The molecule has 0 amide bonds. The standard InChI is InChI=1S/C26H34N12O/c27-14-18-7-11-38(12-8-18)26-32-21-15-30-35-25(39)23(21)24(33-26)31-20-3-1-19(2-4-20)16-37-9-5-17(6-10-37)13-22(28)34-36-29/h1-4,15,17-18,36H,5-13,16,29H2,(H2,28,34)(H,35,39)(H,31,32,33). The van der Waals surface area contributed by atoms with Gasteiger partial charge in [-0.15, -0.1) is 0 Å². The van der Waals surface area contributed by atoms with Gasteiger partial charge in [-0.25, -0.2) is 21.5 Å². The molecule has 2 fully saturated rings. The lowest BCUT2D eigenvalue weighted by atomic mass is 9.93. The molecule has 2 aliphatic rings. The Kier molecular flexibility index (Phi) is 8.14. The number of H-pyrrole nitrogens is 1. The van der Waals surface area contributed by atoms with Crippen LogP contribution in [0, 0.1) is 23.2 Å². The van der Waals surface area contributed by atoms with Crippen LogP contribution >= 0.6 is 0 Å². The summed E-state index contributed by atoms with van der Waals surface area (Å²) in [6.45, 7) is 4.26. The number of benzene rings is 1. The zero-order chi connectivity index (χ0) is 27.2. The number of nitriles is 1. The van der Waals surface area contributed by atoms with Crippen LogP contribution in [-0.2, 0) is 6.54 Å². The van der Waals surface area contributed by atoms with Gasteiger partial charge in [0.25, 0.3) is 5.56 Å². The molecule has 13 nitrogen and oxygen atoms in total. The number of nitrogens with zero attached hydrogens (tertiary/aromatic N) is 7. The van der Waals surface area contributed by atoms with Gasteiger partial charge in [0.15, 0.2) is 0 Å². The van der Waals surface area contributed by atoms with E-state index in [1.807, 2.05) is 12.1 Å². The second-order valence-corrected chi connectivity index (χ2v) is 10.2. The smallest absolute Gasteiger partial charge is 0.277 e. The Balaban J connectivity index is 1.26. The van der Waals surface area contributed by atoms with Gasteiger partial charge in [0, 0.05) is 37.7 Å². The maximum Gasteiger partial charge on any atom is 0.277 e. The van der Waals surface area contributed by atoms with E-state index in [-0.39, 0.29) is 11.5 Å². The Bertz CT molecular complexity index is 1400. The summed E-state index contributed by atoms with van der Waals surface area (Å²) in [5.74, 6) is 7.29. The minimum absolute atomic E-state index is 0.0563. The molecular weight excluding hydrogens is 496 g/mol. The monoisotopic (exact) mass is 530 g/mol. The third kappa shape index (κ3) is 6.42. The van der Waals surface area contributed by atoms with Crippen LogP contribution in [0.4, 0.5) is 17.5 Å². The summed E-state index contributed by atoms with van der Waals surface area (Å²) in [5, 5.41) is 23.2. The number of amidine groups is 1. The molecule has 2 saturated heterocycles. The van der Waals surface area contributed by atoms with Crippen molar-refractivity contribution in [3.8, 4) is 6.07 Å². The number of hydrazine groups is 1. The van der Waals surface area contributed by atoms with Crippen molar-refractivity contribution in [2.24, 2.45) is 28.5 Å². The Hall–Kier alpha value is -4.28. The van der Waals surface area contributed by atoms with Gasteiger partial charge in [-0.3, -0.25) is 9.69 Å². The molecule has 204 valence electrons. The van der Waals surface area contributed by atoms with Crippen molar-refractivity contribution in [1.82, 2.24) is 30.6 Å². The molecule has 0 radical (unpaired) electrons. The molecule has 0 aliphatic carbocycles. The number of aromatic nitrogens is 4. The summed E-state index contributed by atoms with van der Waals surface area (Å²) in [6, 6.07) is 10.5. The summed E-state index contributed by atoms with van der Waals surface area (Å²) >= 11 is 0. The van der Waals surface area contributed by atoms with E-state index in [4.69, 9.17) is 16.6 Å². The summed E-state index contributed by atoms with van der Waals surface area (Å²) in [7, 11) is 0. The first-order chi connectivity index (χ1) is 19.0. The fraction of sp³-hybridized carbons (Fsp3) is 0.462. The van der Waals surface area contributed by atoms with Crippen LogP contribution in [0.1, 0.15) is 37.7 Å². The van der Waals surface area contributed by atoms with Crippen molar-refractivity contribution < 1.29 is 0 Å². The number of hydrogen-bond donors (Lipinski definition) is 5. The SMILES string of the molecule is N#CC1CCN(c2nc(Nc3ccc(CN4CCC(C/C(N)=N/NN)CC4)cc3)c3c(=O)[nH]ncc3n2)CC1. The van der Waals surface area contributed by atoms with Crippen molar-refractivity contribution in [2.45, 2.75) is 38.6 Å². The molecule has 2 aromatic heterocycles. The van der Waals surface area contributed by atoms with Gasteiger partial charge in [-0.2, -0.15) is 20.4 Å². The lowest BCUT2D eigenvalue weighted by molar-refractivity contribution is 0.180. The molecule has 1 aromatic carbocycles. The summed E-state index contributed by atoms with van der Waals surface area (Å²) in [6.07, 6.45) is 5.97. The van der Waals surface area contributed by atoms with Crippen molar-refractivity contribution in [2.75, 3.05) is 36.4 Å². The van der Waals surface area contributed by atoms with Crippen molar-refractivity contribution in [3.05, 3.63) is 46.4 Å². The number of aromatic amines is 1. The van der Waals surface area contributed by atoms with E-state index in [1.54, 1.807) is 0 Å². The lowest BCUT2D eigenvalue weighted by Gasteiger charge is -2.31. The number of nitrogens with one attached hydrogen (secondary N) is 3. The van der Waals surface area contributed by atoms with E-state index in [1.165, 1.54) is 11.8 Å². The molecule has 7 N–H and O–H groups in total. The number of nitrogens with two attached hydrogens (primary N) is 2. The second-order valence-electron chi connectivity index (χ2n) is 10.2. The minimum atomic E-state index is -0.350. The molecule has 5 rings (SSSR count). The normalized spacial score (nSPS) is 17.7. The highest BCUT2D eigenvalue weighted by molar-refractivity contribution is 5.90. The Morgan fingerprint density at radius 1 is 1.13 bits per heavy atom. The number of piperidine rings is 2. The fourth-order valence-corrected chi connectivity index (χ4v) is 5.29. The van der Waals surface area contributed by atoms with E-state index >= 15 is 0 Å². The van der Waals surface area contributed by atoms with Gasteiger partial charge in [-0.05, 0) is 62.4 Å². The third-order valence-electron chi connectivity index (χ3n) is 7.50. The molecule has 2 aliphatic heterocycles. The number of rotatable bonds is 8. The first-order valence-corrected chi connectivity index (χ1v) is 13.3. The van der Waals surface area contributed by atoms with Crippen LogP contribution < -0.4 is 32.9 Å². The van der Waals surface area contributed by atoms with Crippen molar-refractivity contribution in [3.63, 3.8) is 0 Å². The van der Waals surface area contributed by atoms with Crippen LogP contribution in [0.5, 0.6) is 0 Å². The predicted molar refractivity (Wildman–Crippen MR) is 150 cm³/mol. The van der Waals surface area contributed by atoms with Gasteiger partial charge < -0.3 is 16.0 Å². The second kappa shape index (κ2) is 12.1. The molecule has 0 spiro atoms. The van der Waals surface area contributed by atoms with E-state index in [2.05, 4.69) is 59.1 Å². The maximum atomic E-state index is 12.6.